The lowest BCUT2D eigenvalue weighted by atomic mass is 10.2. The Morgan fingerprint density at radius 2 is 2.35 bits per heavy atom. The molecule has 0 saturated carbocycles. The van der Waals surface area contributed by atoms with Crippen LogP contribution in [0, 0.1) is 0 Å². The maximum absolute atomic E-state index is 11.7. The number of nitrogens with one attached hydrogen (secondary N) is 1. The summed E-state index contributed by atoms with van der Waals surface area (Å²) in [6.07, 6.45) is 2.54. The molecule has 0 aliphatic heterocycles. The van der Waals surface area contributed by atoms with Gasteiger partial charge in [0, 0.05) is 0 Å². The zero-order valence-corrected chi connectivity index (χ0v) is 11.0. The van der Waals surface area contributed by atoms with Crippen molar-refractivity contribution < 1.29 is 9.90 Å². The average Bonchev–Trinajstić information content (AvgIpc) is 2.31. The van der Waals surface area contributed by atoms with Crippen LogP contribution in [0.5, 0.6) is 5.75 Å². The largest absolute Gasteiger partial charge is 0.504 e. The molecule has 1 amide bonds. The van der Waals surface area contributed by atoms with Gasteiger partial charge in [-0.25, -0.2) is 0 Å². The van der Waals surface area contributed by atoms with E-state index in [9.17, 15) is 9.90 Å². The van der Waals surface area contributed by atoms with Crippen LogP contribution in [0.3, 0.4) is 0 Å². The fourth-order valence-electron chi connectivity index (χ4n) is 1.22. The highest BCUT2D eigenvalue weighted by atomic mass is 35.5. The number of anilines is 1. The van der Waals surface area contributed by atoms with Gasteiger partial charge in [0.2, 0.25) is 5.91 Å². The van der Waals surface area contributed by atoms with Crippen LogP contribution in [-0.4, -0.2) is 29.1 Å². The fourth-order valence-corrected chi connectivity index (χ4v) is 1.88. The number of benzene rings is 1. The van der Waals surface area contributed by atoms with Gasteiger partial charge in [-0.3, -0.25) is 4.79 Å². The highest BCUT2D eigenvalue weighted by Gasteiger charge is 2.15. The molecule has 0 spiro atoms. The number of carbonyl (C=O) groups excluding carboxylic acids is 1. The lowest BCUT2D eigenvalue weighted by Gasteiger charge is -2.12. The van der Waals surface area contributed by atoms with Gasteiger partial charge < -0.3 is 16.2 Å². The van der Waals surface area contributed by atoms with Crippen LogP contribution >= 0.6 is 23.4 Å². The van der Waals surface area contributed by atoms with Crippen LogP contribution in [0.1, 0.15) is 6.42 Å². The van der Waals surface area contributed by atoms with Crippen LogP contribution in [0.15, 0.2) is 18.2 Å². The molecule has 0 saturated heterocycles. The first-order valence-corrected chi connectivity index (χ1v) is 6.86. The van der Waals surface area contributed by atoms with Crippen LogP contribution in [-0.2, 0) is 4.79 Å². The number of phenolic OH excluding ortho intramolecular Hbond substituents is 1. The van der Waals surface area contributed by atoms with Crippen molar-refractivity contribution in [2.45, 2.75) is 12.5 Å². The van der Waals surface area contributed by atoms with E-state index in [1.165, 1.54) is 0 Å². The first-order chi connectivity index (χ1) is 8.06. The second-order valence-corrected chi connectivity index (χ2v) is 4.91. The molecule has 4 nitrogen and oxygen atoms in total. The molecular weight excluding hydrogens is 260 g/mol. The van der Waals surface area contributed by atoms with E-state index in [1.807, 2.05) is 6.26 Å². The van der Waals surface area contributed by atoms with Crippen molar-refractivity contribution in [3.05, 3.63) is 23.2 Å². The van der Waals surface area contributed by atoms with Gasteiger partial charge in [-0.1, -0.05) is 17.7 Å². The van der Waals surface area contributed by atoms with Gasteiger partial charge in [0.1, 0.15) is 0 Å². The summed E-state index contributed by atoms with van der Waals surface area (Å²) in [4.78, 5) is 11.7. The van der Waals surface area contributed by atoms with Crippen molar-refractivity contribution in [3.8, 4) is 5.75 Å². The number of phenols is 1. The molecule has 6 heteroatoms. The summed E-state index contributed by atoms with van der Waals surface area (Å²) in [7, 11) is 0. The van der Waals surface area contributed by atoms with Crippen LogP contribution < -0.4 is 11.1 Å². The van der Waals surface area contributed by atoms with E-state index >= 15 is 0 Å². The van der Waals surface area contributed by atoms with E-state index in [-0.39, 0.29) is 22.4 Å². The lowest BCUT2D eigenvalue weighted by Crippen LogP contribution is -2.36. The van der Waals surface area contributed by atoms with E-state index in [0.717, 1.165) is 5.75 Å². The molecule has 94 valence electrons. The van der Waals surface area contributed by atoms with E-state index in [1.54, 1.807) is 30.0 Å². The molecule has 0 bridgehead atoms. The Balaban J connectivity index is 2.64. The second-order valence-electron chi connectivity index (χ2n) is 3.51. The fraction of sp³-hybridized carbons (Fsp3) is 0.364. The number of rotatable bonds is 5. The summed E-state index contributed by atoms with van der Waals surface area (Å²) in [5.41, 5.74) is 5.98. The van der Waals surface area contributed by atoms with Gasteiger partial charge in [-0.15, -0.1) is 0 Å². The van der Waals surface area contributed by atoms with Crippen LogP contribution in [0.25, 0.3) is 0 Å². The Labute approximate surface area is 110 Å². The molecular formula is C11H15ClN2O2S. The first-order valence-electron chi connectivity index (χ1n) is 5.09. The topological polar surface area (TPSA) is 75.4 Å². The van der Waals surface area contributed by atoms with Gasteiger partial charge in [-0.05, 0) is 30.6 Å². The molecule has 1 aromatic carbocycles. The summed E-state index contributed by atoms with van der Waals surface area (Å²) in [5.74, 6) is 0.354. The van der Waals surface area contributed by atoms with Gasteiger partial charge >= 0.3 is 0 Å². The van der Waals surface area contributed by atoms with Crippen molar-refractivity contribution in [1.82, 2.24) is 0 Å². The normalized spacial score (nSPS) is 12.2. The molecule has 0 heterocycles. The van der Waals surface area contributed by atoms with E-state index < -0.39 is 6.04 Å². The number of thioether (sulfide) groups is 1. The van der Waals surface area contributed by atoms with Gasteiger partial charge in [-0.2, -0.15) is 11.8 Å². The molecule has 1 rings (SSSR count). The number of hydrogen-bond donors (Lipinski definition) is 3. The molecule has 1 atom stereocenters. The van der Waals surface area contributed by atoms with Crippen LogP contribution in [0.2, 0.25) is 5.02 Å². The third kappa shape index (κ3) is 4.11. The molecule has 4 N–H and O–H groups in total. The molecule has 0 aliphatic carbocycles. The highest BCUT2D eigenvalue weighted by molar-refractivity contribution is 7.98. The Morgan fingerprint density at radius 3 is 3.00 bits per heavy atom. The van der Waals surface area contributed by atoms with Crippen molar-refractivity contribution >= 4 is 35.0 Å². The molecule has 0 aliphatic rings. The van der Waals surface area contributed by atoms with Crippen molar-refractivity contribution in [2.75, 3.05) is 17.3 Å². The second kappa shape index (κ2) is 6.74. The minimum atomic E-state index is -0.583. The zero-order valence-electron chi connectivity index (χ0n) is 9.44. The smallest absolute Gasteiger partial charge is 0.241 e. The van der Waals surface area contributed by atoms with Crippen molar-refractivity contribution in [2.24, 2.45) is 5.73 Å². The number of para-hydroxylation sites is 1. The van der Waals surface area contributed by atoms with E-state index in [4.69, 9.17) is 17.3 Å². The number of aromatic hydroxyl groups is 1. The Morgan fingerprint density at radius 1 is 1.65 bits per heavy atom. The zero-order chi connectivity index (χ0) is 12.8. The number of amides is 1. The Hall–Kier alpha value is -0.910. The minimum Gasteiger partial charge on any atom is -0.504 e. The Kier molecular flexibility index (Phi) is 5.61. The van der Waals surface area contributed by atoms with Crippen molar-refractivity contribution in [1.29, 1.82) is 0 Å². The first kappa shape index (κ1) is 14.2. The summed E-state index contributed by atoms with van der Waals surface area (Å²) in [5, 5.41) is 12.4. The number of carbonyl (C=O) groups is 1. The predicted molar refractivity (Wildman–Crippen MR) is 72.7 cm³/mol. The lowest BCUT2D eigenvalue weighted by molar-refractivity contribution is -0.117. The monoisotopic (exact) mass is 274 g/mol. The summed E-state index contributed by atoms with van der Waals surface area (Å²) in [6, 6.07) is 4.17. The summed E-state index contributed by atoms with van der Waals surface area (Å²) in [6.45, 7) is 0. The SMILES string of the molecule is CSCCC(N)C(=O)Nc1cccc(Cl)c1O. The molecule has 0 fully saturated rings. The summed E-state index contributed by atoms with van der Waals surface area (Å²) >= 11 is 7.35. The molecule has 0 aromatic heterocycles. The average molecular weight is 275 g/mol. The number of hydrogen-bond acceptors (Lipinski definition) is 4. The molecule has 1 unspecified atom stereocenters. The quantitative estimate of drug-likeness (QED) is 0.719. The third-order valence-corrected chi connectivity index (χ3v) is 3.16. The molecule has 17 heavy (non-hydrogen) atoms. The molecule has 0 radical (unpaired) electrons. The number of halogens is 1. The van der Waals surface area contributed by atoms with Crippen LogP contribution in [0.4, 0.5) is 5.69 Å². The predicted octanol–water partition coefficient (Wildman–Crippen LogP) is 2.06. The maximum atomic E-state index is 11.7. The standard InChI is InChI=1S/C11H15ClN2O2S/c1-17-6-5-8(13)11(16)14-9-4-2-3-7(12)10(9)15/h2-4,8,15H,5-6,13H2,1H3,(H,14,16). The third-order valence-electron chi connectivity index (χ3n) is 2.21. The van der Waals surface area contributed by atoms with Gasteiger partial charge in [0.05, 0.1) is 16.8 Å². The summed E-state index contributed by atoms with van der Waals surface area (Å²) < 4.78 is 0. The highest BCUT2D eigenvalue weighted by Crippen LogP contribution is 2.31. The maximum Gasteiger partial charge on any atom is 0.241 e. The Bertz CT molecular complexity index is 401. The molecule has 1 aromatic rings. The van der Waals surface area contributed by atoms with E-state index in [2.05, 4.69) is 5.32 Å². The van der Waals surface area contributed by atoms with Gasteiger partial charge in [0.25, 0.3) is 0 Å². The minimum absolute atomic E-state index is 0.139. The van der Waals surface area contributed by atoms with Crippen molar-refractivity contribution in [3.63, 3.8) is 0 Å². The van der Waals surface area contributed by atoms with Gasteiger partial charge in [0.15, 0.2) is 5.75 Å². The number of nitrogens with two attached hydrogens (primary N) is 1. The van der Waals surface area contributed by atoms with E-state index in [0.29, 0.717) is 6.42 Å².